The number of hydrogen-bond acceptors (Lipinski definition) is 5. The highest BCUT2D eigenvalue weighted by Crippen LogP contribution is 2.18. The van der Waals surface area contributed by atoms with Crippen molar-refractivity contribution >= 4 is 5.95 Å². The molecule has 3 aromatic rings. The van der Waals surface area contributed by atoms with E-state index in [1.807, 2.05) is 48.5 Å². The van der Waals surface area contributed by atoms with Gasteiger partial charge < -0.3 is 10.1 Å². The summed E-state index contributed by atoms with van der Waals surface area (Å²) in [6.45, 7) is 0.716. The van der Waals surface area contributed by atoms with Crippen LogP contribution in [0, 0.1) is 0 Å². The lowest BCUT2D eigenvalue weighted by Crippen LogP contribution is -2.11. The molecule has 0 saturated carbocycles. The van der Waals surface area contributed by atoms with Crippen molar-refractivity contribution in [3.05, 3.63) is 60.2 Å². The van der Waals surface area contributed by atoms with Gasteiger partial charge in [-0.2, -0.15) is 4.68 Å². The molecule has 0 bridgehead atoms. The molecule has 0 aliphatic carbocycles. The topological polar surface area (TPSA) is 64.9 Å². The normalized spacial score (nSPS) is 10.4. The number of nitrogens with zero attached hydrogens (tertiary/aromatic N) is 4. The molecule has 0 unspecified atom stereocenters. The third kappa shape index (κ3) is 3.06. The monoisotopic (exact) mass is 295 g/mol. The Morgan fingerprint density at radius 1 is 1.05 bits per heavy atom. The molecule has 2 aromatic carbocycles. The number of ether oxygens (including phenoxy) is 1. The molecule has 0 aliphatic rings. The van der Waals surface area contributed by atoms with Crippen molar-refractivity contribution < 1.29 is 4.74 Å². The second-order valence-corrected chi connectivity index (χ2v) is 4.74. The molecule has 0 fully saturated rings. The highest BCUT2D eigenvalue weighted by molar-refractivity contribution is 5.39. The van der Waals surface area contributed by atoms with Crippen molar-refractivity contribution in [1.29, 1.82) is 0 Å². The van der Waals surface area contributed by atoms with Crippen molar-refractivity contribution in [3.63, 3.8) is 0 Å². The first kappa shape index (κ1) is 14.1. The van der Waals surface area contributed by atoms with Gasteiger partial charge in [0.1, 0.15) is 5.75 Å². The minimum absolute atomic E-state index is 0.626. The molecule has 1 aromatic heterocycles. The van der Waals surface area contributed by atoms with Crippen LogP contribution in [-0.2, 0) is 6.42 Å². The molecule has 0 atom stereocenters. The fourth-order valence-corrected chi connectivity index (χ4v) is 2.26. The lowest BCUT2D eigenvalue weighted by Gasteiger charge is -2.09. The minimum atomic E-state index is 0.626. The molecule has 0 saturated heterocycles. The number of anilines is 1. The predicted octanol–water partition coefficient (Wildman–Crippen LogP) is 2.33. The molecule has 1 heterocycles. The molecule has 0 aliphatic heterocycles. The zero-order valence-corrected chi connectivity index (χ0v) is 12.3. The molecular formula is C16H17N5O. The van der Waals surface area contributed by atoms with Gasteiger partial charge in [0, 0.05) is 6.54 Å². The van der Waals surface area contributed by atoms with Crippen molar-refractivity contribution in [2.24, 2.45) is 0 Å². The average Bonchev–Trinajstić information content (AvgIpc) is 3.04. The molecule has 6 nitrogen and oxygen atoms in total. The summed E-state index contributed by atoms with van der Waals surface area (Å²) in [5.74, 6) is 1.52. The van der Waals surface area contributed by atoms with Crippen LogP contribution in [0.15, 0.2) is 54.6 Å². The van der Waals surface area contributed by atoms with E-state index in [9.17, 15) is 0 Å². The fraction of sp³-hybridized carbons (Fsp3) is 0.188. The van der Waals surface area contributed by atoms with E-state index in [0.717, 1.165) is 23.4 Å². The highest BCUT2D eigenvalue weighted by Gasteiger charge is 2.07. The van der Waals surface area contributed by atoms with Crippen LogP contribution in [0.5, 0.6) is 5.75 Å². The van der Waals surface area contributed by atoms with Crippen LogP contribution in [0.3, 0.4) is 0 Å². The summed E-state index contributed by atoms with van der Waals surface area (Å²) in [4.78, 5) is 0. The standard InChI is InChI=1S/C16H17N5O/c1-22-15-10-6-5-7-13(15)11-12-17-16-18-19-20-21(16)14-8-3-2-4-9-14/h2-10H,11-12H2,1H3,(H,17,18,20). The summed E-state index contributed by atoms with van der Waals surface area (Å²) >= 11 is 0. The van der Waals surface area contributed by atoms with Gasteiger partial charge in [-0.1, -0.05) is 41.5 Å². The molecule has 0 amide bonds. The minimum Gasteiger partial charge on any atom is -0.496 e. The van der Waals surface area contributed by atoms with Crippen molar-refractivity contribution in [2.75, 3.05) is 19.0 Å². The zero-order valence-electron chi connectivity index (χ0n) is 12.3. The maximum Gasteiger partial charge on any atom is 0.247 e. The van der Waals surface area contributed by atoms with Gasteiger partial charge in [-0.15, -0.1) is 0 Å². The molecular weight excluding hydrogens is 278 g/mol. The summed E-state index contributed by atoms with van der Waals surface area (Å²) in [5, 5.41) is 15.0. The number of para-hydroxylation sites is 2. The smallest absolute Gasteiger partial charge is 0.247 e. The molecule has 0 radical (unpaired) electrons. The van der Waals surface area contributed by atoms with Crippen LogP contribution in [0.1, 0.15) is 5.56 Å². The second-order valence-electron chi connectivity index (χ2n) is 4.74. The average molecular weight is 295 g/mol. The quantitative estimate of drug-likeness (QED) is 0.756. The molecule has 3 rings (SSSR count). The van der Waals surface area contributed by atoms with Crippen LogP contribution in [-0.4, -0.2) is 33.9 Å². The van der Waals surface area contributed by atoms with Gasteiger partial charge in [0.05, 0.1) is 12.8 Å². The van der Waals surface area contributed by atoms with E-state index in [0.29, 0.717) is 12.5 Å². The number of benzene rings is 2. The van der Waals surface area contributed by atoms with E-state index in [2.05, 4.69) is 26.9 Å². The third-order valence-corrected chi connectivity index (χ3v) is 3.34. The zero-order chi connectivity index (χ0) is 15.2. The van der Waals surface area contributed by atoms with Crippen molar-refractivity contribution in [1.82, 2.24) is 20.2 Å². The third-order valence-electron chi connectivity index (χ3n) is 3.34. The largest absolute Gasteiger partial charge is 0.496 e. The Kier molecular flexibility index (Phi) is 4.29. The summed E-state index contributed by atoms with van der Waals surface area (Å²) in [7, 11) is 1.68. The Labute approximate surface area is 128 Å². The number of nitrogens with one attached hydrogen (secondary N) is 1. The van der Waals surface area contributed by atoms with Gasteiger partial charge in [-0.3, -0.25) is 0 Å². The van der Waals surface area contributed by atoms with Gasteiger partial charge in [0.25, 0.3) is 0 Å². The number of methoxy groups -OCH3 is 1. The van der Waals surface area contributed by atoms with Gasteiger partial charge in [-0.25, -0.2) is 0 Å². The number of rotatable bonds is 6. The van der Waals surface area contributed by atoms with Crippen LogP contribution < -0.4 is 10.1 Å². The maximum atomic E-state index is 5.35. The Morgan fingerprint density at radius 3 is 2.64 bits per heavy atom. The van der Waals surface area contributed by atoms with Crippen LogP contribution in [0.25, 0.3) is 5.69 Å². The van der Waals surface area contributed by atoms with Crippen molar-refractivity contribution in [3.8, 4) is 11.4 Å². The first-order chi connectivity index (χ1) is 10.9. The van der Waals surface area contributed by atoms with E-state index in [1.54, 1.807) is 11.8 Å². The molecule has 112 valence electrons. The van der Waals surface area contributed by atoms with Gasteiger partial charge in [0.2, 0.25) is 5.95 Å². The van der Waals surface area contributed by atoms with Crippen molar-refractivity contribution in [2.45, 2.75) is 6.42 Å². The Balaban J connectivity index is 1.67. The Hall–Kier alpha value is -2.89. The number of tetrazole rings is 1. The van der Waals surface area contributed by atoms with Gasteiger partial charge >= 0.3 is 0 Å². The number of aromatic nitrogens is 4. The Bertz CT molecular complexity index is 726. The summed E-state index contributed by atoms with van der Waals surface area (Å²) in [6, 6.07) is 17.8. The van der Waals surface area contributed by atoms with Crippen LogP contribution >= 0.6 is 0 Å². The Morgan fingerprint density at radius 2 is 1.82 bits per heavy atom. The fourth-order valence-electron chi connectivity index (χ4n) is 2.26. The second kappa shape index (κ2) is 6.71. The van der Waals surface area contributed by atoms with Crippen LogP contribution in [0.2, 0.25) is 0 Å². The summed E-state index contributed by atoms with van der Waals surface area (Å²) in [5.41, 5.74) is 2.07. The molecule has 0 spiro atoms. The van der Waals surface area contributed by atoms with E-state index >= 15 is 0 Å². The lowest BCUT2D eigenvalue weighted by molar-refractivity contribution is 0.410. The van der Waals surface area contributed by atoms with E-state index < -0.39 is 0 Å². The maximum absolute atomic E-state index is 5.35. The molecule has 22 heavy (non-hydrogen) atoms. The first-order valence-corrected chi connectivity index (χ1v) is 7.08. The molecule has 1 N–H and O–H groups in total. The lowest BCUT2D eigenvalue weighted by atomic mass is 10.1. The van der Waals surface area contributed by atoms with E-state index in [-0.39, 0.29) is 0 Å². The summed E-state index contributed by atoms with van der Waals surface area (Å²) < 4.78 is 7.04. The summed E-state index contributed by atoms with van der Waals surface area (Å²) in [6.07, 6.45) is 0.825. The van der Waals surface area contributed by atoms with Crippen LogP contribution in [0.4, 0.5) is 5.95 Å². The predicted molar refractivity (Wildman–Crippen MR) is 84.3 cm³/mol. The SMILES string of the molecule is COc1ccccc1CCNc1nnnn1-c1ccccc1. The van der Waals surface area contributed by atoms with E-state index in [1.165, 1.54) is 0 Å². The first-order valence-electron chi connectivity index (χ1n) is 7.08. The van der Waals surface area contributed by atoms with E-state index in [4.69, 9.17) is 4.74 Å². The molecule has 6 heteroatoms. The number of hydrogen-bond donors (Lipinski definition) is 1. The van der Waals surface area contributed by atoms with Gasteiger partial charge in [-0.05, 0) is 40.6 Å². The highest BCUT2D eigenvalue weighted by atomic mass is 16.5. The van der Waals surface area contributed by atoms with Gasteiger partial charge in [0.15, 0.2) is 0 Å².